The average molecular weight is 280 g/mol. The van der Waals surface area contributed by atoms with Crippen LogP contribution in [-0.4, -0.2) is 54.4 Å². The van der Waals surface area contributed by atoms with Crippen LogP contribution in [0.15, 0.2) is 17.4 Å². The van der Waals surface area contributed by atoms with Crippen molar-refractivity contribution in [2.45, 2.75) is 26.3 Å². The molecule has 0 aliphatic heterocycles. The number of nitrogens with one attached hydrogen (secondary N) is 2. The second-order valence-electron chi connectivity index (χ2n) is 5.07. The van der Waals surface area contributed by atoms with Crippen molar-refractivity contribution in [3.63, 3.8) is 0 Å². The van der Waals surface area contributed by atoms with Gasteiger partial charge in [0.15, 0.2) is 5.96 Å². The average Bonchev–Trinajstić information content (AvgIpc) is 2.82. The minimum atomic E-state index is 0.237. The van der Waals surface area contributed by atoms with E-state index in [9.17, 15) is 0 Å². The standard InChI is InChI=1S/C14H28N6/c1-6-8-16-14(15-7-2)17-10-13(19(3)4)12-9-18-20(5)11-12/h9,11,13H,6-8,10H2,1-5H3,(H2,15,16,17). The van der Waals surface area contributed by atoms with Crippen LogP contribution in [0.3, 0.4) is 0 Å². The molecular weight excluding hydrogens is 252 g/mol. The van der Waals surface area contributed by atoms with Gasteiger partial charge in [-0.25, -0.2) is 0 Å². The molecule has 1 atom stereocenters. The van der Waals surface area contributed by atoms with E-state index in [1.165, 1.54) is 5.56 Å². The number of hydrogen-bond acceptors (Lipinski definition) is 3. The molecule has 114 valence electrons. The van der Waals surface area contributed by atoms with Gasteiger partial charge in [0, 0.05) is 31.9 Å². The van der Waals surface area contributed by atoms with E-state index in [-0.39, 0.29) is 6.04 Å². The number of aliphatic imine (C=N–C) groups is 1. The molecule has 0 amide bonds. The SMILES string of the molecule is CCCNC(=NCC(c1cnn(C)c1)N(C)C)NCC. The molecule has 1 unspecified atom stereocenters. The molecule has 0 fully saturated rings. The monoisotopic (exact) mass is 280 g/mol. The Hall–Kier alpha value is -1.56. The van der Waals surface area contributed by atoms with E-state index < -0.39 is 0 Å². The fourth-order valence-corrected chi connectivity index (χ4v) is 1.94. The zero-order chi connectivity index (χ0) is 15.0. The molecule has 1 rings (SSSR count). The van der Waals surface area contributed by atoms with Crippen molar-refractivity contribution in [3.8, 4) is 0 Å². The lowest BCUT2D eigenvalue weighted by atomic mass is 10.1. The van der Waals surface area contributed by atoms with E-state index in [0.29, 0.717) is 6.54 Å². The van der Waals surface area contributed by atoms with Crippen LogP contribution in [0.4, 0.5) is 0 Å². The molecule has 6 heteroatoms. The Morgan fingerprint density at radius 1 is 1.40 bits per heavy atom. The predicted octanol–water partition coefficient (Wildman–Crippen LogP) is 0.988. The van der Waals surface area contributed by atoms with Crippen molar-refractivity contribution in [2.24, 2.45) is 12.0 Å². The van der Waals surface area contributed by atoms with E-state index in [2.05, 4.69) is 53.6 Å². The molecule has 6 nitrogen and oxygen atoms in total. The maximum Gasteiger partial charge on any atom is 0.191 e. The third kappa shape index (κ3) is 5.21. The summed E-state index contributed by atoms with van der Waals surface area (Å²) in [5.41, 5.74) is 1.19. The second kappa shape index (κ2) is 8.58. The first kappa shape index (κ1) is 16.5. The lowest BCUT2D eigenvalue weighted by molar-refractivity contribution is 0.306. The van der Waals surface area contributed by atoms with Gasteiger partial charge in [0.05, 0.1) is 18.8 Å². The minimum absolute atomic E-state index is 0.237. The van der Waals surface area contributed by atoms with Crippen LogP contribution in [0.1, 0.15) is 31.9 Å². The van der Waals surface area contributed by atoms with Gasteiger partial charge in [-0.3, -0.25) is 9.67 Å². The molecule has 0 aromatic carbocycles. The summed E-state index contributed by atoms with van der Waals surface area (Å²) in [6.07, 6.45) is 5.04. The quantitative estimate of drug-likeness (QED) is 0.578. The third-order valence-electron chi connectivity index (χ3n) is 3.04. The summed E-state index contributed by atoms with van der Waals surface area (Å²) in [7, 11) is 6.07. The number of rotatable bonds is 7. The van der Waals surface area contributed by atoms with Crippen LogP contribution in [0.2, 0.25) is 0 Å². The van der Waals surface area contributed by atoms with Crippen molar-refractivity contribution in [1.29, 1.82) is 0 Å². The zero-order valence-corrected chi connectivity index (χ0v) is 13.3. The molecule has 0 saturated heterocycles. The molecule has 0 aliphatic carbocycles. The molecule has 1 aromatic heterocycles. The lowest BCUT2D eigenvalue weighted by Gasteiger charge is -2.22. The zero-order valence-electron chi connectivity index (χ0n) is 13.3. The van der Waals surface area contributed by atoms with Gasteiger partial charge >= 0.3 is 0 Å². The Morgan fingerprint density at radius 2 is 2.15 bits per heavy atom. The number of likely N-dealkylation sites (N-methyl/N-ethyl adjacent to an activating group) is 1. The van der Waals surface area contributed by atoms with Crippen molar-refractivity contribution in [1.82, 2.24) is 25.3 Å². The first-order chi connectivity index (χ1) is 9.58. The Morgan fingerprint density at radius 3 is 2.65 bits per heavy atom. The van der Waals surface area contributed by atoms with Crippen LogP contribution in [0, 0.1) is 0 Å². The Balaban J connectivity index is 2.73. The molecule has 2 N–H and O–H groups in total. The molecule has 0 aliphatic rings. The molecule has 1 heterocycles. The lowest BCUT2D eigenvalue weighted by Crippen LogP contribution is -2.38. The predicted molar refractivity (Wildman–Crippen MR) is 83.9 cm³/mol. The highest BCUT2D eigenvalue weighted by atomic mass is 15.2. The molecule has 0 bridgehead atoms. The fourth-order valence-electron chi connectivity index (χ4n) is 1.94. The summed E-state index contributed by atoms with van der Waals surface area (Å²) in [5, 5.41) is 10.8. The highest BCUT2D eigenvalue weighted by Crippen LogP contribution is 2.17. The van der Waals surface area contributed by atoms with E-state index in [0.717, 1.165) is 25.5 Å². The van der Waals surface area contributed by atoms with E-state index in [1.54, 1.807) is 0 Å². The van der Waals surface area contributed by atoms with Gasteiger partial charge in [-0.1, -0.05) is 6.92 Å². The van der Waals surface area contributed by atoms with Gasteiger partial charge in [0.25, 0.3) is 0 Å². The third-order valence-corrected chi connectivity index (χ3v) is 3.04. The maximum absolute atomic E-state index is 4.67. The summed E-state index contributed by atoms with van der Waals surface area (Å²) in [6, 6.07) is 0.237. The number of guanidine groups is 1. The highest BCUT2D eigenvalue weighted by Gasteiger charge is 2.15. The highest BCUT2D eigenvalue weighted by molar-refractivity contribution is 5.79. The Kier molecular flexibility index (Phi) is 7.08. The van der Waals surface area contributed by atoms with Crippen molar-refractivity contribution in [3.05, 3.63) is 18.0 Å². The summed E-state index contributed by atoms with van der Waals surface area (Å²) >= 11 is 0. The van der Waals surface area contributed by atoms with Crippen LogP contribution >= 0.6 is 0 Å². The topological polar surface area (TPSA) is 57.5 Å². The van der Waals surface area contributed by atoms with Crippen molar-refractivity contribution < 1.29 is 0 Å². The van der Waals surface area contributed by atoms with Gasteiger partial charge in [0.2, 0.25) is 0 Å². The summed E-state index contributed by atoms with van der Waals surface area (Å²) in [5.74, 6) is 0.880. The van der Waals surface area contributed by atoms with E-state index >= 15 is 0 Å². The number of aromatic nitrogens is 2. The largest absolute Gasteiger partial charge is 0.357 e. The van der Waals surface area contributed by atoms with Crippen molar-refractivity contribution in [2.75, 3.05) is 33.7 Å². The second-order valence-corrected chi connectivity index (χ2v) is 5.07. The normalized spacial score (nSPS) is 13.6. The van der Waals surface area contributed by atoms with Gasteiger partial charge in [-0.15, -0.1) is 0 Å². The van der Waals surface area contributed by atoms with Gasteiger partial charge in [-0.2, -0.15) is 5.10 Å². The smallest absolute Gasteiger partial charge is 0.191 e. The first-order valence-electron chi connectivity index (χ1n) is 7.25. The number of aryl methyl sites for hydroxylation is 1. The Labute approximate surface area is 122 Å². The summed E-state index contributed by atoms with van der Waals surface area (Å²) in [6.45, 7) is 6.74. The minimum Gasteiger partial charge on any atom is -0.357 e. The number of nitrogens with zero attached hydrogens (tertiary/aromatic N) is 4. The van der Waals surface area contributed by atoms with E-state index in [4.69, 9.17) is 0 Å². The Bertz CT molecular complexity index is 410. The molecule has 0 spiro atoms. The van der Waals surface area contributed by atoms with Gasteiger partial charge in [-0.05, 0) is 27.4 Å². The van der Waals surface area contributed by atoms with Crippen LogP contribution in [-0.2, 0) is 7.05 Å². The molecule has 20 heavy (non-hydrogen) atoms. The number of hydrogen-bond donors (Lipinski definition) is 2. The summed E-state index contributed by atoms with van der Waals surface area (Å²) < 4.78 is 1.83. The molecule has 0 radical (unpaired) electrons. The van der Waals surface area contributed by atoms with Crippen LogP contribution in [0.25, 0.3) is 0 Å². The first-order valence-corrected chi connectivity index (χ1v) is 7.25. The van der Waals surface area contributed by atoms with Crippen LogP contribution in [0.5, 0.6) is 0 Å². The fraction of sp³-hybridized carbons (Fsp3) is 0.714. The van der Waals surface area contributed by atoms with Crippen molar-refractivity contribution >= 4 is 5.96 Å². The van der Waals surface area contributed by atoms with E-state index in [1.807, 2.05) is 24.1 Å². The summed E-state index contributed by atoms with van der Waals surface area (Å²) in [4.78, 5) is 6.84. The molecular formula is C14H28N6. The molecule has 1 aromatic rings. The van der Waals surface area contributed by atoms with Gasteiger partial charge in [0.1, 0.15) is 0 Å². The maximum atomic E-state index is 4.67. The van der Waals surface area contributed by atoms with Crippen LogP contribution < -0.4 is 10.6 Å². The van der Waals surface area contributed by atoms with Gasteiger partial charge < -0.3 is 15.5 Å². The molecule has 0 saturated carbocycles.